The Hall–Kier alpha value is -0.870. The van der Waals surface area contributed by atoms with E-state index in [-0.39, 0.29) is 5.91 Å². The van der Waals surface area contributed by atoms with Gasteiger partial charge in [-0.25, -0.2) is 0 Å². The molecule has 1 heterocycles. The van der Waals surface area contributed by atoms with E-state index < -0.39 is 5.60 Å². The first kappa shape index (κ1) is 16.5. The molecule has 0 spiro atoms. The van der Waals surface area contributed by atoms with Gasteiger partial charge >= 0.3 is 0 Å². The number of amides is 1. The van der Waals surface area contributed by atoms with Crippen molar-refractivity contribution in [2.75, 3.05) is 26.2 Å². The van der Waals surface area contributed by atoms with Gasteiger partial charge in [-0.1, -0.05) is 6.08 Å². The minimum Gasteiger partial charge on any atom is -0.390 e. The van der Waals surface area contributed by atoms with Crippen molar-refractivity contribution in [1.82, 2.24) is 9.80 Å². The van der Waals surface area contributed by atoms with Crippen LogP contribution in [0.5, 0.6) is 0 Å². The van der Waals surface area contributed by atoms with Crippen molar-refractivity contribution in [3.8, 4) is 0 Å². The van der Waals surface area contributed by atoms with Crippen molar-refractivity contribution in [3.63, 3.8) is 0 Å². The minimum atomic E-state index is -0.561. The van der Waals surface area contributed by atoms with Gasteiger partial charge in [0, 0.05) is 18.8 Å². The highest BCUT2D eigenvalue weighted by Crippen LogP contribution is 2.23. The van der Waals surface area contributed by atoms with Crippen LogP contribution in [0.3, 0.4) is 0 Å². The van der Waals surface area contributed by atoms with E-state index in [0.717, 1.165) is 51.7 Å². The molecule has 1 aliphatic heterocycles. The molecule has 1 amide bonds. The Balaban J connectivity index is 1.91. The van der Waals surface area contributed by atoms with E-state index >= 15 is 0 Å². The fraction of sp³-hybridized carbons (Fsp3) is 0.824. The van der Waals surface area contributed by atoms with E-state index in [9.17, 15) is 9.90 Å². The lowest BCUT2D eigenvalue weighted by Crippen LogP contribution is -2.41. The fourth-order valence-corrected chi connectivity index (χ4v) is 3.36. The van der Waals surface area contributed by atoms with Crippen molar-refractivity contribution < 1.29 is 9.90 Å². The van der Waals surface area contributed by atoms with Gasteiger partial charge in [0.15, 0.2) is 0 Å². The summed E-state index contributed by atoms with van der Waals surface area (Å²) >= 11 is 0. The molecule has 0 aromatic carbocycles. The smallest absolute Gasteiger partial charge is 0.240 e. The Bertz CT molecular complexity index is 390. The highest BCUT2D eigenvalue weighted by molar-refractivity contribution is 5.80. The first-order valence-corrected chi connectivity index (χ1v) is 8.46. The predicted molar refractivity (Wildman–Crippen MR) is 84.9 cm³/mol. The molecule has 0 bridgehead atoms. The zero-order valence-corrected chi connectivity index (χ0v) is 13.6. The standard InChI is InChI=1S/C17H30N2O2/c1-3-19(15-8-5-4-6-9-15)16(20)14-18-12-7-10-17(2,21)11-13-18/h8,21H,3-7,9-14H2,1-2H3. The summed E-state index contributed by atoms with van der Waals surface area (Å²) in [6.45, 7) is 6.94. The molecule has 1 unspecified atom stereocenters. The number of hydrogen-bond donors (Lipinski definition) is 1. The van der Waals surface area contributed by atoms with Gasteiger partial charge in [0.25, 0.3) is 0 Å². The Kier molecular flexibility index (Phi) is 5.82. The van der Waals surface area contributed by atoms with Crippen LogP contribution < -0.4 is 0 Å². The number of hydrogen-bond acceptors (Lipinski definition) is 3. The molecule has 0 aromatic heterocycles. The second kappa shape index (κ2) is 7.41. The van der Waals surface area contributed by atoms with Gasteiger partial charge in [-0.05, 0) is 65.3 Å². The largest absolute Gasteiger partial charge is 0.390 e. The molecule has 120 valence electrons. The summed E-state index contributed by atoms with van der Waals surface area (Å²) < 4.78 is 0. The van der Waals surface area contributed by atoms with E-state index in [2.05, 4.69) is 17.9 Å². The van der Waals surface area contributed by atoms with Crippen LogP contribution in [-0.2, 0) is 4.79 Å². The average molecular weight is 294 g/mol. The van der Waals surface area contributed by atoms with Crippen LogP contribution >= 0.6 is 0 Å². The molecular formula is C17H30N2O2. The highest BCUT2D eigenvalue weighted by atomic mass is 16.3. The van der Waals surface area contributed by atoms with Gasteiger partial charge in [0.05, 0.1) is 12.1 Å². The van der Waals surface area contributed by atoms with Crippen LogP contribution in [0, 0.1) is 0 Å². The molecule has 0 aromatic rings. The lowest BCUT2D eigenvalue weighted by atomic mass is 9.98. The number of nitrogens with zero attached hydrogens (tertiary/aromatic N) is 2. The van der Waals surface area contributed by atoms with Gasteiger partial charge in [-0.15, -0.1) is 0 Å². The third-order valence-electron chi connectivity index (χ3n) is 4.75. The van der Waals surface area contributed by atoms with E-state index in [0.29, 0.717) is 6.54 Å². The molecule has 1 fully saturated rings. The summed E-state index contributed by atoms with van der Waals surface area (Å²) in [6.07, 6.45) is 9.38. The van der Waals surface area contributed by atoms with Crippen LogP contribution in [-0.4, -0.2) is 52.6 Å². The van der Waals surface area contributed by atoms with Gasteiger partial charge in [0.2, 0.25) is 5.91 Å². The highest BCUT2D eigenvalue weighted by Gasteiger charge is 2.27. The van der Waals surface area contributed by atoms with Gasteiger partial charge in [-0.3, -0.25) is 9.69 Å². The van der Waals surface area contributed by atoms with E-state index in [4.69, 9.17) is 0 Å². The summed E-state index contributed by atoms with van der Waals surface area (Å²) in [5.74, 6) is 0.215. The number of likely N-dealkylation sites (tertiary alicyclic amines) is 1. The van der Waals surface area contributed by atoms with Gasteiger partial charge in [0.1, 0.15) is 0 Å². The molecule has 2 rings (SSSR count). The number of carbonyl (C=O) groups is 1. The molecule has 1 N–H and O–H groups in total. The molecule has 0 saturated carbocycles. The van der Waals surface area contributed by atoms with E-state index in [1.165, 1.54) is 18.5 Å². The predicted octanol–water partition coefficient (Wildman–Crippen LogP) is 2.53. The van der Waals surface area contributed by atoms with Crippen LogP contribution in [0.1, 0.15) is 58.8 Å². The topological polar surface area (TPSA) is 43.8 Å². The Labute approximate surface area is 128 Å². The zero-order valence-electron chi connectivity index (χ0n) is 13.6. The maximum atomic E-state index is 12.6. The molecule has 21 heavy (non-hydrogen) atoms. The van der Waals surface area contributed by atoms with Gasteiger partial charge in [-0.2, -0.15) is 0 Å². The van der Waals surface area contributed by atoms with Crippen molar-refractivity contribution in [2.24, 2.45) is 0 Å². The summed E-state index contributed by atoms with van der Waals surface area (Å²) in [5, 5.41) is 10.1. The number of rotatable bonds is 4. The Morgan fingerprint density at radius 1 is 1.33 bits per heavy atom. The lowest BCUT2D eigenvalue weighted by Gasteiger charge is -2.29. The number of likely N-dealkylation sites (N-methyl/N-ethyl adjacent to an activating group) is 1. The molecule has 1 atom stereocenters. The summed E-state index contributed by atoms with van der Waals surface area (Å²) in [4.78, 5) is 16.8. The van der Waals surface area contributed by atoms with Crippen LogP contribution in [0.4, 0.5) is 0 Å². The molecular weight excluding hydrogens is 264 g/mol. The maximum absolute atomic E-state index is 12.6. The maximum Gasteiger partial charge on any atom is 0.240 e. The van der Waals surface area contributed by atoms with Crippen molar-refractivity contribution in [1.29, 1.82) is 0 Å². The number of allylic oxidation sites excluding steroid dienone is 2. The molecule has 1 aliphatic carbocycles. The normalized spacial score (nSPS) is 27.9. The number of aliphatic hydroxyl groups is 1. The molecule has 4 nitrogen and oxygen atoms in total. The van der Waals surface area contributed by atoms with E-state index in [1.54, 1.807) is 0 Å². The lowest BCUT2D eigenvalue weighted by molar-refractivity contribution is -0.130. The number of carbonyl (C=O) groups excluding carboxylic acids is 1. The average Bonchev–Trinajstić information content (AvgIpc) is 2.62. The molecule has 2 aliphatic rings. The minimum absolute atomic E-state index is 0.215. The molecule has 4 heteroatoms. The third kappa shape index (κ3) is 4.82. The zero-order chi connectivity index (χ0) is 15.3. The second-order valence-electron chi connectivity index (χ2n) is 6.71. The van der Waals surface area contributed by atoms with Crippen molar-refractivity contribution in [2.45, 2.75) is 64.4 Å². The first-order valence-electron chi connectivity index (χ1n) is 8.46. The second-order valence-corrected chi connectivity index (χ2v) is 6.71. The quantitative estimate of drug-likeness (QED) is 0.866. The van der Waals surface area contributed by atoms with Crippen LogP contribution in [0.15, 0.2) is 11.8 Å². The van der Waals surface area contributed by atoms with Crippen molar-refractivity contribution in [3.05, 3.63) is 11.8 Å². The Morgan fingerprint density at radius 3 is 2.81 bits per heavy atom. The monoisotopic (exact) mass is 294 g/mol. The summed E-state index contributed by atoms with van der Waals surface area (Å²) in [5.41, 5.74) is 0.657. The third-order valence-corrected chi connectivity index (χ3v) is 4.75. The summed E-state index contributed by atoms with van der Waals surface area (Å²) in [6, 6.07) is 0. The van der Waals surface area contributed by atoms with Crippen LogP contribution in [0.25, 0.3) is 0 Å². The summed E-state index contributed by atoms with van der Waals surface area (Å²) in [7, 11) is 0. The van der Waals surface area contributed by atoms with Crippen molar-refractivity contribution >= 4 is 5.91 Å². The SMILES string of the molecule is CCN(C(=O)CN1CCCC(C)(O)CC1)C1=CCCCC1. The molecule has 0 radical (unpaired) electrons. The van der Waals surface area contributed by atoms with Gasteiger partial charge < -0.3 is 10.0 Å². The Morgan fingerprint density at radius 2 is 2.14 bits per heavy atom. The first-order chi connectivity index (χ1) is 10.0. The fourth-order valence-electron chi connectivity index (χ4n) is 3.36. The molecule has 1 saturated heterocycles. The van der Waals surface area contributed by atoms with E-state index in [1.807, 2.05) is 11.8 Å². The van der Waals surface area contributed by atoms with Crippen LogP contribution in [0.2, 0.25) is 0 Å².